The maximum atomic E-state index is 12.1. The van der Waals surface area contributed by atoms with E-state index >= 15 is 0 Å². The molecule has 2 heteroatoms. The normalized spacial score (nSPS) is 47.4. The van der Waals surface area contributed by atoms with Crippen molar-refractivity contribution in [3.05, 3.63) is 11.6 Å². The predicted molar refractivity (Wildman–Crippen MR) is 100 cm³/mol. The summed E-state index contributed by atoms with van der Waals surface area (Å²) in [6.45, 7) is 8.86. The van der Waals surface area contributed by atoms with Crippen molar-refractivity contribution in [2.45, 2.75) is 79.1 Å². The lowest BCUT2D eigenvalue weighted by atomic mass is 9.48. The largest absolute Gasteiger partial charge is 0.300 e. The third-order valence-corrected chi connectivity index (χ3v) is 9.16. The second-order valence-electron chi connectivity index (χ2n) is 10.1. The van der Waals surface area contributed by atoms with Crippen LogP contribution in [0.15, 0.2) is 11.6 Å². The molecule has 4 aliphatic rings. The minimum atomic E-state index is 0.198. The van der Waals surface area contributed by atoms with Crippen LogP contribution in [0.3, 0.4) is 0 Å². The second kappa shape index (κ2) is 5.79. The van der Waals surface area contributed by atoms with Gasteiger partial charge in [0.1, 0.15) is 11.6 Å². The molecule has 0 heterocycles. The molecule has 0 radical (unpaired) electrons. The van der Waals surface area contributed by atoms with E-state index in [0.29, 0.717) is 34.7 Å². The number of fused-ring (bicyclic) bond motifs is 5. The van der Waals surface area contributed by atoms with Crippen molar-refractivity contribution >= 4 is 11.6 Å². The lowest BCUT2D eigenvalue weighted by molar-refractivity contribution is -0.125. The van der Waals surface area contributed by atoms with Crippen molar-refractivity contribution in [3.63, 3.8) is 0 Å². The first-order valence-corrected chi connectivity index (χ1v) is 10.5. The third kappa shape index (κ3) is 2.42. The standard InChI is InChI=1S/C23H34O2/c1-14(15(2)24)19-7-8-20-18-6-5-16-13-17(25)9-11-22(16,3)21(18)10-12-23(19,20)4/h10,14,16,18-20H,5-9,11-13H2,1-4H3/t14-,16-,18?,19-,20?,22+,23-/m1/s1. The van der Waals surface area contributed by atoms with Gasteiger partial charge in [0, 0.05) is 18.8 Å². The molecule has 0 aromatic carbocycles. The molecular formula is C23H34O2. The fourth-order valence-electron chi connectivity index (χ4n) is 7.46. The van der Waals surface area contributed by atoms with E-state index < -0.39 is 0 Å². The number of rotatable bonds is 2. The number of allylic oxidation sites excluding steroid dienone is 2. The van der Waals surface area contributed by atoms with Crippen LogP contribution in [0.5, 0.6) is 0 Å². The zero-order valence-electron chi connectivity index (χ0n) is 16.4. The molecule has 0 bridgehead atoms. The minimum absolute atomic E-state index is 0.198. The summed E-state index contributed by atoms with van der Waals surface area (Å²) in [6.07, 6.45) is 11.4. The second-order valence-corrected chi connectivity index (χ2v) is 10.1. The van der Waals surface area contributed by atoms with Gasteiger partial charge in [-0.05, 0) is 80.0 Å². The Labute approximate surface area is 152 Å². The smallest absolute Gasteiger partial charge is 0.133 e. The van der Waals surface area contributed by atoms with E-state index in [9.17, 15) is 9.59 Å². The number of carbonyl (C=O) groups excluding carboxylic acids is 2. The van der Waals surface area contributed by atoms with Crippen LogP contribution in [-0.4, -0.2) is 11.6 Å². The first-order chi connectivity index (χ1) is 11.8. The Morgan fingerprint density at radius 1 is 1.20 bits per heavy atom. The van der Waals surface area contributed by atoms with Crippen molar-refractivity contribution in [3.8, 4) is 0 Å². The van der Waals surface area contributed by atoms with Gasteiger partial charge in [-0.2, -0.15) is 0 Å². The number of ketones is 2. The van der Waals surface area contributed by atoms with Gasteiger partial charge in [0.25, 0.3) is 0 Å². The molecule has 0 aromatic rings. The first kappa shape index (κ1) is 17.5. The van der Waals surface area contributed by atoms with Gasteiger partial charge in [0.2, 0.25) is 0 Å². The highest BCUT2D eigenvalue weighted by molar-refractivity contribution is 5.80. The van der Waals surface area contributed by atoms with Crippen LogP contribution in [0.1, 0.15) is 79.1 Å². The Morgan fingerprint density at radius 3 is 2.68 bits per heavy atom. The Morgan fingerprint density at radius 2 is 1.96 bits per heavy atom. The molecule has 3 saturated carbocycles. The Balaban J connectivity index is 1.66. The molecule has 2 nitrogen and oxygen atoms in total. The topological polar surface area (TPSA) is 34.1 Å². The van der Waals surface area contributed by atoms with Crippen molar-refractivity contribution < 1.29 is 9.59 Å². The van der Waals surface area contributed by atoms with Crippen molar-refractivity contribution in [2.24, 2.45) is 40.4 Å². The highest BCUT2D eigenvalue weighted by Crippen LogP contribution is 2.66. The highest BCUT2D eigenvalue weighted by atomic mass is 16.1. The van der Waals surface area contributed by atoms with E-state index in [4.69, 9.17) is 0 Å². The van der Waals surface area contributed by atoms with E-state index in [1.165, 1.54) is 25.7 Å². The quantitative estimate of drug-likeness (QED) is 0.633. The molecule has 4 aliphatic carbocycles. The van der Waals surface area contributed by atoms with Crippen LogP contribution in [0, 0.1) is 40.4 Å². The van der Waals surface area contributed by atoms with Crippen LogP contribution in [0.2, 0.25) is 0 Å². The first-order valence-electron chi connectivity index (χ1n) is 10.5. The average Bonchev–Trinajstić information content (AvgIpc) is 2.92. The maximum Gasteiger partial charge on any atom is 0.133 e. The third-order valence-electron chi connectivity index (χ3n) is 9.16. The SMILES string of the molecule is CC(=O)[C@@H](C)[C@H]1CCC2C3CC[C@@H]4CC(=O)CC[C@]4(C)C3=CC[C@@]21C. The molecule has 0 spiro atoms. The van der Waals surface area contributed by atoms with Crippen molar-refractivity contribution in [1.29, 1.82) is 0 Å². The molecule has 0 aliphatic heterocycles. The van der Waals surface area contributed by atoms with Gasteiger partial charge in [0.15, 0.2) is 0 Å². The summed E-state index contributed by atoms with van der Waals surface area (Å²) in [6, 6.07) is 0. The molecular weight excluding hydrogens is 308 g/mol. The summed E-state index contributed by atoms with van der Waals surface area (Å²) in [5.74, 6) is 3.62. The number of Topliss-reactive ketones (excluding diaryl/α,β-unsaturated/α-hetero) is 2. The fourth-order valence-corrected chi connectivity index (χ4v) is 7.46. The Hall–Kier alpha value is -0.920. The summed E-state index contributed by atoms with van der Waals surface area (Å²) in [5, 5.41) is 0. The zero-order valence-corrected chi connectivity index (χ0v) is 16.4. The van der Waals surface area contributed by atoms with Gasteiger partial charge in [-0.25, -0.2) is 0 Å². The molecule has 3 fully saturated rings. The van der Waals surface area contributed by atoms with E-state index in [0.717, 1.165) is 31.6 Å². The summed E-state index contributed by atoms with van der Waals surface area (Å²) in [4.78, 5) is 24.0. The number of carbonyl (C=O) groups is 2. The highest BCUT2D eigenvalue weighted by Gasteiger charge is 2.58. The van der Waals surface area contributed by atoms with E-state index in [2.05, 4.69) is 26.8 Å². The van der Waals surface area contributed by atoms with Crippen LogP contribution >= 0.6 is 0 Å². The monoisotopic (exact) mass is 342 g/mol. The number of hydrogen-bond acceptors (Lipinski definition) is 2. The van der Waals surface area contributed by atoms with E-state index in [1.54, 1.807) is 12.5 Å². The van der Waals surface area contributed by atoms with Crippen LogP contribution < -0.4 is 0 Å². The maximum absolute atomic E-state index is 12.1. The Bertz CT molecular complexity index is 632. The molecule has 25 heavy (non-hydrogen) atoms. The Kier molecular flexibility index (Phi) is 4.05. The van der Waals surface area contributed by atoms with Gasteiger partial charge in [-0.3, -0.25) is 9.59 Å². The van der Waals surface area contributed by atoms with Crippen molar-refractivity contribution in [1.82, 2.24) is 0 Å². The molecule has 0 saturated heterocycles. The summed E-state index contributed by atoms with van der Waals surface area (Å²) < 4.78 is 0. The average molecular weight is 343 g/mol. The molecule has 0 N–H and O–H groups in total. The van der Waals surface area contributed by atoms with Crippen LogP contribution in [-0.2, 0) is 9.59 Å². The molecule has 7 atom stereocenters. The minimum Gasteiger partial charge on any atom is -0.300 e. The summed E-state index contributed by atoms with van der Waals surface area (Å²) in [7, 11) is 0. The lowest BCUT2D eigenvalue weighted by Crippen LogP contribution is -2.48. The molecule has 0 amide bonds. The van der Waals surface area contributed by atoms with Crippen LogP contribution in [0.25, 0.3) is 0 Å². The predicted octanol–water partition coefficient (Wildman–Crippen LogP) is 5.36. The van der Waals surface area contributed by atoms with Gasteiger partial charge < -0.3 is 0 Å². The molecule has 138 valence electrons. The molecule has 4 rings (SSSR count). The van der Waals surface area contributed by atoms with E-state index in [1.807, 2.05) is 0 Å². The van der Waals surface area contributed by atoms with E-state index in [-0.39, 0.29) is 11.3 Å². The van der Waals surface area contributed by atoms with Gasteiger partial charge in [-0.15, -0.1) is 0 Å². The van der Waals surface area contributed by atoms with Gasteiger partial charge in [0.05, 0.1) is 0 Å². The van der Waals surface area contributed by atoms with Gasteiger partial charge >= 0.3 is 0 Å². The molecule has 2 unspecified atom stereocenters. The summed E-state index contributed by atoms with van der Waals surface area (Å²) >= 11 is 0. The van der Waals surface area contributed by atoms with Crippen molar-refractivity contribution in [2.75, 3.05) is 0 Å². The number of hydrogen-bond donors (Lipinski definition) is 0. The van der Waals surface area contributed by atoms with Crippen LogP contribution in [0.4, 0.5) is 0 Å². The lowest BCUT2D eigenvalue weighted by Gasteiger charge is -2.56. The fraction of sp³-hybridized carbons (Fsp3) is 0.826. The molecule has 0 aromatic heterocycles. The zero-order chi connectivity index (χ0) is 18.0. The van der Waals surface area contributed by atoms with Gasteiger partial charge in [-0.1, -0.05) is 32.4 Å². The summed E-state index contributed by atoms with van der Waals surface area (Å²) in [5.41, 5.74) is 2.27.